The SMILES string of the molecule is CS[C@@H](Cc1ccccc1)C(=O)N[C@@H](CCC(=O)C=[N+]=[N-])C(=O)O. The Bertz CT molecular complexity index is 629. The van der Waals surface area contributed by atoms with Crippen LogP contribution in [0.3, 0.4) is 0 Å². The van der Waals surface area contributed by atoms with Crippen LogP contribution in [0.5, 0.6) is 0 Å². The summed E-state index contributed by atoms with van der Waals surface area (Å²) in [6, 6.07) is 8.26. The van der Waals surface area contributed by atoms with Crippen LogP contribution >= 0.6 is 11.8 Å². The number of hydrogen-bond donors (Lipinski definition) is 2. The summed E-state index contributed by atoms with van der Waals surface area (Å²) in [4.78, 5) is 37.4. The molecule has 24 heavy (non-hydrogen) atoms. The average molecular weight is 349 g/mol. The van der Waals surface area contributed by atoms with E-state index in [1.807, 2.05) is 30.3 Å². The summed E-state index contributed by atoms with van der Waals surface area (Å²) < 4.78 is 0. The van der Waals surface area contributed by atoms with Crippen molar-refractivity contribution < 1.29 is 24.3 Å². The molecule has 0 aliphatic rings. The molecule has 8 heteroatoms. The van der Waals surface area contributed by atoms with Gasteiger partial charge in [-0.2, -0.15) is 16.6 Å². The van der Waals surface area contributed by atoms with Gasteiger partial charge >= 0.3 is 12.2 Å². The van der Waals surface area contributed by atoms with Crippen LogP contribution in [0.25, 0.3) is 5.53 Å². The number of carboxylic acid groups (broad SMARTS) is 1. The first-order valence-corrected chi connectivity index (χ1v) is 8.57. The number of Topliss-reactive ketones (excluding diaryl/α,β-unsaturated/α-hetero) is 1. The molecule has 0 radical (unpaired) electrons. The Morgan fingerprint density at radius 3 is 2.54 bits per heavy atom. The molecule has 2 N–H and O–H groups in total. The number of nitrogens with zero attached hydrogens (tertiary/aromatic N) is 2. The third-order valence-electron chi connectivity index (χ3n) is 3.34. The van der Waals surface area contributed by atoms with Gasteiger partial charge in [0.2, 0.25) is 11.7 Å². The van der Waals surface area contributed by atoms with E-state index in [0.717, 1.165) is 5.56 Å². The highest BCUT2D eigenvalue weighted by molar-refractivity contribution is 7.99. The lowest BCUT2D eigenvalue weighted by Crippen LogP contribution is -2.45. The highest BCUT2D eigenvalue weighted by Gasteiger charge is 2.25. The first-order chi connectivity index (χ1) is 11.5. The zero-order chi connectivity index (χ0) is 17.9. The molecular weight excluding hydrogens is 330 g/mol. The minimum Gasteiger partial charge on any atom is -0.480 e. The number of hydrogen-bond acceptors (Lipinski definition) is 4. The van der Waals surface area contributed by atoms with Gasteiger partial charge < -0.3 is 16.0 Å². The van der Waals surface area contributed by atoms with Crippen LogP contribution < -0.4 is 5.32 Å². The predicted molar refractivity (Wildman–Crippen MR) is 90.9 cm³/mol. The highest BCUT2D eigenvalue weighted by atomic mass is 32.2. The third-order valence-corrected chi connectivity index (χ3v) is 4.29. The van der Waals surface area contributed by atoms with Crippen LogP contribution in [0.2, 0.25) is 0 Å². The number of carbonyl (C=O) groups is 3. The van der Waals surface area contributed by atoms with E-state index in [4.69, 9.17) is 5.53 Å². The van der Waals surface area contributed by atoms with Crippen molar-refractivity contribution in [2.24, 2.45) is 0 Å². The van der Waals surface area contributed by atoms with E-state index in [9.17, 15) is 19.5 Å². The van der Waals surface area contributed by atoms with E-state index < -0.39 is 23.0 Å². The maximum Gasteiger partial charge on any atom is 0.326 e. The molecule has 128 valence electrons. The Hall–Kier alpha value is -2.44. The molecule has 0 fully saturated rings. The van der Waals surface area contributed by atoms with E-state index in [1.54, 1.807) is 6.26 Å². The Balaban J connectivity index is 2.66. The standard InChI is InChI=1S/C16H19N3O4S/c1-24-14(9-11-5-3-2-4-6-11)15(21)19-13(16(22)23)8-7-12(20)10-18-17/h2-6,10,13-14H,7-9H2,1H3,(H,19,21)(H,22,23)/t13-,14-/m0/s1. The topological polar surface area (TPSA) is 120 Å². The Labute approximate surface area is 144 Å². The quantitative estimate of drug-likeness (QED) is 0.373. The maximum absolute atomic E-state index is 12.3. The molecule has 0 aliphatic heterocycles. The van der Waals surface area contributed by atoms with E-state index >= 15 is 0 Å². The summed E-state index contributed by atoms with van der Waals surface area (Å²) >= 11 is 1.33. The number of aliphatic carboxylic acids is 1. The number of benzene rings is 1. The van der Waals surface area contributed by atoms with Crippen LogP contribution in [0.15, 0.2) is 30.3 Å². The van der Waals surface area contributed by atoms with Crippen molar-refractivity contribution in [3.05, 3.63) is 41.4 Å². The molecule has 1 amide bonds. The summed E-state index contributed by atoms with van der Waals surface area (Å²) in [6.45, 7) is 0. The van der Waals surface area contributed by atoms with Crippen molar-refractivity contribution in [2.45, 2.75) is 30.6 Å². The van der Waals surface area contributed by atoms with Crippen LogP contribution in [-0.2, 0) is 20.8 Å². The molecule has 0 bridgehead atoms. The van der Waals surface area contributed by atoms with Crippen LogP contribution in [0, 0.1) is 0 Å². The normalized spacial score (nSPS) is 12.5. The van der Waals surface area contributed by atoms with Crippen molar-refractivity contribution in [1.82, 2.24) is 5.32 Å². The number of nitrogens with one attached hydrogen (secondary N) is 1. The Morgan fingerprint density at radius 1 is 1.33 bits per heavy atom. The molecule has 0 unspecified atom stereocenters. The van der Waals surface area contributed by atoms with Gasteiger partial charge in [0.05, 0.1) is 5.25 Å². The summed E-state index contributed by atoms with van der Waals surface area (Å²) in [5, 5.41) is 11.2. The summed E-state index contributed by atoms with van der Waals surface area (Å²) in [6.07, 6.45) is 2.77. The number of thioether (sulfide) groups is 1. The molecule has 1 aromatic rings. The molecule has 2 atom stereocenters. The predicted octanol–water partition coefficient (Wildman–Crippen LogP) is 1.18. The minimum atomic E-state index is -1.21. The number of rotatable bonds is 10. The monoisotopic (exact) mass is 349 g/mol. The van der Waals surface area contributed by atoms with Crippen molar-refractivity contribution in [1.29, 1.82) is 0 Å². The molecule has 1 rings (SSSR count). The fourth-order valence-corrected chi connectivity index (χ4v) is 2.69. The van der Waals surface area contributed by atoms with E-state index in [0.29, 0.717) is 12.6 Å². The second-order valence-corrected chi connectivity index (χ2v) is 6.10. The van der Waals surface area contributed by atoms with Crippen molar-refractivity contribution in [3.8, 4) is 0 Å². The van der Waals surface area contributed by atoms with Gasteiger partial charge in [0.1, 0.15) is 6.04 Å². The molecule has 0 aromatic heterocycles. The number of amides is 1. The van der Waals surface area contributed by atoms with Gasteiger partial charge in [-0.05, 0) is 24.7 Å². The van der Waals surface area contributed by atoms with Crippen molar-refractivity contribution in [3.63, 3.8) is 0 Å². The maximum atomic E-state index is 12.3. The fraction of sp³-hybridized carbons (Fsp3) is 0.375. The van der Waals surface area contributed by atoms with Crippen molar-refractivity contribution >= 4 is 35.6 Å². The zero-order valence-electron chi connectivity index (χ0n) is 13.2. The van der Waals surface area contributed by atoms with E-state index in [2.05, 4.69) is 10.1 Å². The second-order valence-electron chi connectivity index (χ2n) is 5.06. The molecule has 0 spiro atoms. The van der Waals surface area contributed by atoms with Gasteiger partial charge in [-0.3, -0.25) is 9.59 Å². The van der Waals surface area contributed by atoms with Gasteiger partial charge in [-0.1, -0.05) is 30.3 Å². The third kappa shape index (κ3) is 6.76. The lowest BCUT2D eigenvalue weighted by Gasteiger charge is -2.19. The van der Waals surface area contributed by atoms with Gasteiger partial charge in [0.25, 0.3) is 0 Å². The van der Waals surface area contributed by atoms with Crippen molar-refractivity contribution in [2.75, 3.05) is 6.26 Å². The van der Waals surface area contributed by atoms with E-state index in [-0.39, 0.29) is 18.7 Å². The average Bonchev–Trinajstić information content (AvgIpc) is 2.57. The summed E-state index contributed by atoms with van der Waals surface area (Å²) in [7, 11) is 0. The smallest absolute Gasteiger partial charge is 0.326 e. The first-order valence-electron chi connectivity index (χ1n) is 7.28. The second kappa shape index (κ2) is 10.4. The first kappa shape index (κ1) is 19.6. The number of ketones is 1. The lowest BCUT2D eigenvalue weighted by atomic mass is 10.1. The number of carboxylic acids is 1. The van der Waals surface area contributed by atoms with Gasteiger partial charge in [0, 0.05) is 6.42 Å². The van der Waals surface area contributed by atoms with Crippen LogP contribution in [-0.4, -0.2) is 51.3 Å². The number of carbonyl (C=O) groups excluding carboxylic acids is 2. The van der Waals surface area contributed by atoms with Gasteiger partial charge in [-0.25, -0.2) is 4.79 Å². The lowest BCUT2D eigenvalue weighted by molar-refractivity contribution is -0.142. The Kier molecular flexibility index (Phi) is 8.46. The van der Waals surface area contributed by atoms with Gasteiger partial charge in [-0.15, -0.1) is 0 Å². The molecule has 0 saturated heterocycles. The van der Waals surface area contributed by atoms with Gasteiger partial charge in [0.15, 0.2) is 0 Å². The summed E-state index contributed by atoms with van der Waals surface area (Å²) in [5.74, 6) is -2.11. The molecule has 0 saturated carbocycles. The fourth-order valence-electron chi connectivity index (χ4n) is 2.05. The molecule has 0 heterocycles. The minimum absolute atomic E-state index is 0.0711. The largest absolute Gasteiger partial charge is 0.480 e. The zero-order valence-corrected chi connectivity index (χ0v) is 14.0. The van der Waals surface area contributed by atoms with E-state index in [1.165, 1.54) is 11.8 Å². The van der Waals surface area contributed by atoms with Crippen LogP contribution in [0.4, 0.5) is 0 Å². The molecular formula is C16H19N3O4S. The Morgan fingerprint density at radius 2 is 2.00 bits per heavy atom. The highest BCUT2D eigenvalue weighted by Crippen LogP contribution is 2.15. The van der Waals surface area contributed by atoms with Crippen LogP contribution in [0.1, 0.15) is 18.4 Å². The molecule has 1 aromatic carbocycles. The summed E-state index contributed by atoms with van der Waals surface area (Å²) in [5.41, 5.74) is 9.24. The molecule has 0 aliphatic carbocycles. The molecule has 7 nitrogen and oxygen atoms in total.